The summed E-state index contributed by atoms with van der Waals surface area (Å²) in [7, 11) is -1.62. The number of unbranched alkanes of at least 4 members (excludes halogenated alkanes) is 1. The highest BCUT2D eigenvalue weighted by Crippen LogP contribution is 2.10. The van der Waals surface area contributed by atoms with Crippen molar-refractivity contribution in [2.24, 2.45) is 0 Å². The quantitative estimate of drug-likeness (QED) is 0.474. The molecule has 1 rings (SSSR count). The van der Waals surface area contributed by atoms with E-state index >= 15 is 0 Å². The van der Waals surface area contributed by atoms with Gasteiger partial charge < -0.3 is 9.95 Å². The van der Waals surface area contributed by atoms with Gasteiger partial charge in [0.25, 0.3) is 0 Å². The first-order valence-electron chi connectivity index (χ1n) is 6.32. The first kappa shape index (κ1) is 14.7. The van der Waals surface area contributed by atoms with Crippen LogP contribution in [0.5, 0.6) is 0 Å². The average Bonchev–Trinajstić information content (AvgIpc) is 2.38. The van der Waals surface area contributed by atoms with Crippen molar-refractivity contribution in [3.8, 4) is 0 Å². The number of rotatable bonds is 6. The molecule has 0 atom stereocenters. The Morgan fingerprint density at radius 3 is 2.72 bits per heavy atom. The van der Waals surface area contributed by atoms with E-state index in [9.17, 15) is 5.11 Å². The Kier molecular flexibility index (Phi) is 5.83. The molecular formula is C15H21NOSi. The van der Waals surface area contributed by atoms with Crippen LogP contribution in [0.2, 0.25) is 13.1 Å². The molecule has 0 unspecified atom stereocenters. The van der Waals surface area contributed by atoms with Crippen LogP contribution < -0.4 is 5.19 Å². The molecule has 18 heavy (non-hydrogen) atoms. The maximum Gasteiger partial charge on any atom is 0.215 e. The standard InChI is InChI=1S/C15H21NOSi/c1-16-11-7-4-8-12-18(2,3)15-10-6-5-9-14(15)13-17/h5-6,8-10,12,17H,4,7,11,13H2,2-3H3. The minimum absolute atomic E-state index is 0.109. The van der Waals surface area contributed by atoms with Crippen LogP contribution >= 0.6 is 0 Å². The molecule has 0 heterocycles. The summed E-state index contributed by atoms with van der Waals surface area (Å²) in [6.45, 7) is 12.0. The highest BCUT2D eigenvalue weighted by atomic mass is 28.3. The third kappa shape index (κ3) is 4.14. The van der Waals surface area contributed by atoms with Gasteiger partial charge in [-0.1, -0.05) is 49.1 Å². The minimum atomic E-state index is -1.62. The van der Waals surface area contributed by atoms with Crippen LogP contribution in [-0.4, -0.2) is 19.7 Å². The molecule has 0 radical (unpaired) electrons. The molecule has 0 aliphatic rings. The Bertz CT molecular complexity index is 446. The van der Waals surface area contributed by atoms with Gasteiger partial charge in [0.2, 0.25) is 6.54 Å². The van der Waals surface area contributed by atoms with Gasteiger partial charge in [0, 0.05) is 6.42 Å². The highest BCUT2D eigenvalue weighted by Gasteiger charge is 2.22. The van der Waals surface area contributed by atoms with Crippen molar-refractivity contribution in [1.82, 2.24) is 0 Å². The molecule has 1 N–H and O–H groups in total. The molecule has 0 spiro atoms. The highest BCUT2D eigenvalue weighted by molar-refractivity contribution is 6.94. The lowest BCUT2D eigenvalue weighted by Crippen LogP contribution is -2.41. The second kappa shape index (κ2) is 7.15. The van der Waals surface area contributed by atoms with Crippen LogP contribution in [-0.2, 0) is 6.61 Å². The summed E-state index contributed by atoms with van der Waals surface area (Å²) in [6, 6.07) is 8.13. The largest absolute Gasteiger partial charge is 0.392 e. The van der Waals surface area contributed by atoms with Gasteiger partial charge in [-0.15, -0.1) is 0 Å². The predicted octanol–water partition coefficient (Wildman–Crippen LogP) is 2.89. The Labute approximate surface area is 111 Å². The average molecular weight is 259 g/mol. The van der Waals surface area contributed by atoms with Crippen molar-refractivity contribution in [2.45, 2.75) is 32.5 Å². The first-order chi connectivity index (χ1) is 8.61. The molecule has 0 saturated carbocycles. The molecule has 0 bridgehead atoms. The molecule has 3 heteroatoms. The second-order valence-electron chi connectivity index (χ2n) is 4.96. The van der Waals surface area contributed by atoms with Crippen LogP contribution in [0.3, 0.4) is 0 Å². The Morgan fingerprint density at radius 1 is 1.33 bits per heavy atom. The van der Waals surface area contributed by atoms with Gasteiger partial charge in [0.1, 0.15) is 8.07 Å². The fraction of sp³-hybridized carbons (Fsp3) is 0.400. The van der Waals surface area contributed by atoms with Gasteiger partial charge >= 0.3 is 0 Å². The molecular weight excluding hydrogens is 238 g/mol. The van der Waals surface area contributed by atoms with E-state index in [1.807, 2.05) is 18.2 Å². The summed E-state index contributed by atoms with van der Waals surface area (Å²) >= 11 is 0. The van der Waals surface area contributed by atoms with E-state index in [2.05, 4.69) is 35.8 Å². The van der Waals surface area contributed by atoms with Crippen LogP contribution in [0.15, 0.2) is 36.0 Å². The number of benzene rings is 1. The van der Waals surface area contributed by atoms with Crippen LogP contribution in [0.1, 0.15) is 18.4 Å². The van der Waals surface area contributed by atoms with E-state index in [0.29, 0.717) is 6.54 Å². The number of hydrogen-bond donors (Lipinski definition) is 1. The van der Waals surface area contributed by atoms with E-state index < -0.39 is 8.07 Å². The first-order valence-corrected chi connectivity index (χ1v) is 9.39. The fourth-order valence-electron chi connectivity index (χ4n) is 2.04. The second-order valence-corrected chi connectivity index (χ2v) is 9.28. The lowest BCUT2D eigenvalue weighted by atomic mass is 10.2. The summed E-state index contributed by atoms with van der Waals surface area (Å²) in [5.41, 5.74) is 3.35. The number of hydrogen-bond acceptors (Lipinski definition) is 1. The number of aliphatic hydroxyl groups excluding tert-OH is 1. The molecule has 1 aromatic rings. The lowest BCUT2D eigenvalue weighted by Gasteiger charge is -2.21. The maximum atomic E-state index is 9.39. The Morgan fingerprint density at radius 2 is 2.06 bits per heavy atom. The molecule has 0 aliphatic heterocycles. The summed E-state index contributed by atoms with van der Waals surface area (Å²) in [4.78, 5) is 3.35. The van der Waals surface area contributed by atoms with E-state index in [0.717, 1.165) is 18.4 Å². The van der Waals surface area contributed by atoms with Crippen LogP contribution in [0.25, 0.3) is 4.85 Å². The van der Waals surface area contributed by atoms with Crippen molar-refractivity contribution in [2.75, 3.05) is 6.54 Å². The monoisotopic (exact) mass is 259 g/mol. The number of allylic oxidation sites excluding steroid dienone is 1. The number of aliphatic hydroxyl groups is 1. The molecule has 0 amide bonds. The summed E-state index contributed by atoms with van der Waals surface area (Å²) in [6.07, 6.45) is 4.11. The molecule has 96 valence electrons. The van der Waals surface area contributed by atoms with Gasteiger partial charge in [-0.3, -0.25) is 0 Å². The van der Waals surface area contributed by atoms with Gasteiger partial charge in [0.05, 0.1) is 6.61 Å². The van der Waals surface area contributed by atoms with E-state index in [4.69, 9.17) is 6.57 Å². The van der Waals surface area contributed by atoms with Crippen LogP contribution in [0.4, 0.5) is 0 Å². The van der Waals surface area contributed by atoms with Crippen molar-refractivity contribution in [3.05, 3.63) is 53.0 Å². The molecule has 0 aliphatic carbocycles. The SMILES string of the molecule is [C-]#[N+]CCCC=C[Si](C)(C)c1ccccc1CO. The zero-order valence-electron chi connectivity index (χ0n) is 11.2. The topological polar surface area (TPSA) is 24.6 Å². The summed E-state index contributed by atoms with van der Waals surface area (Å²) in [5.74, 6) is 0. The lowest BCUT2D eigenvalue weighted by molar-refractivity contribution is 0.283. The third-order valence-electron chi connectivity index (χ3n) is 3.06. The zero-order chi connectivity index (χ0) is 13.4. The summed E-state index contributed by atoms with van der Waals surface area (Å²) < 4.78 is 0. The van der Waals surface area contributed by atoms with E-state index in [1.54, 1.807) is 0 Å². The molecule has 1 aromatic carbocycles. The van der Waals surface area contributed by atoms with Crippen molar-refractivity contribution in [3.63, 3.8) is 0 Å². The van der Waals surface area contributed by atoms with Crippen molar-refractivity contribution < 1.29 is 5.11 Å². The normalized spacial score (nSPS) is 11.7. The Balaban J connectivity index is 2.76. The van der Waals surface area contributed by atoms with Gasteiger partial charge in [-0.05, 0) is 17.2 Å². The zero-order valence-corrected chi connectivity index (χ0v) is 12.2. The molecule has 0 fully saturated rings. The number of nitrogens with zero attached hydrogens (tertiary/aromatic N) is 1. The van der Waals surface area contributed by atoms with Gasteiger partial charge in [-0.25, -0.2) is 6.57 Å². The smallest absolute Gasteiger partial charge is 0.215 e. The molecule has 2 nitrogen and oxygen atoms in total. The van der Waals surface area contributed by atoms with Crippen LogP contribution in [0, 0.1) is 6.57 Å². The summed E-state index contributed by atoms with van der Waals surface area (Å²) in [5, 5.41) is 10.7. The van der Waals surface area contributed by atoms with E-state index in [-0.39, 0.29) is 6.61 Å². The van der Waals surface area contributed by atoms with E-state index in [1.165, 1.54) is 5.19 Å². The van der Waals surface area contributed by atoms with Crippen molar-refractivity contribution in [1.29, 1.82) is 0 Å². The molecule has 0 aromatic heterocycles. The third-order valence-corrected chi connectivity index (χ3v) is 6.00. The van der Waals surface area contributed by atoms with Gasteiger partial charge in [0.15, 0.2) is 0 Å². The minimum Gasteiger partial charge on any atom is -0.392 e. The molecule has 0 saturated heterocycles. The predicted molar refractivity (Wildman–Crippen MR) is 79.3 cm³/mol. The van der Waals surface area contributed by atoms with Crippen molar-refractivity contribution >= 4 is 13.3 Å². The fourth-order valence-corrected chi connectivity index (χ4v) is 4.49. The Hall–Kier alpha value is -1.37. The maximum absolute atomic E-state index is 9.39. The van der Waals surface area contributed by atoms with Gasteiger partial charge in [-0.2, -0.15) is 0 Å².